The number of benzene rings is 1. The summed E-state index contributed by atoms with van der Waals surface area (Å²) in [4.78, 5) is 26.8. The Morgan fingerprint density at radius 3 is 1.73 bits per heavy atom. The van der Waals surface area contributed by atoms with E-state index in [0.717, 1.165) is 12.0 Å². The highest BCUT2D eigenvalue weighted by molar-refractivity contribution is 6.00. The molecule has 5 nitrogen and oxygen atoms in total. The van der Waals surface area contributed by atoms with E-state index < -0.39 is 40.7 Å². The molecular weight excluding hydrogens is 358 g/mol. The van der Waals surface area contributed by atoms with Crippen molar-refractivity contribution in [2.45, 2.75) is 59.7 Å². The Morgan fingerprint density at radius 2 is 1.31 bits per heavy atom. The van der Waals surface area contributed by atoms with Crippen molar-refractivity contribution in [2.75, 3.05) is 0 Å². The monoisotopic (exact) mass is 379 g/mol. The zero-order valence-electron chi connectivity index (χ0n) is 15.2. The Kier molecular flexibility index (Phi) is 7.55. The van der Waals surface area contributed by atoms with Gasteiger partial charge in [-0.2, -0.15) is 9.45 Å². The lowest BCUT2D eigenvalue weighted by Gasteiger charge is -2.15. The fraction of sp³-hybridized carbons (Fsp3) is 0.529. The molecule has 0 radical (unpaired) electrons. The molecule has 0 saturated carbocycles. The maximum absolute atomic E-state index is 13.3. The highest BCUT2D eigenvalue weighted by Gasteiger charge is 2.30. The van der Waals surface area contributed by atoms with Gasteiger partial charge in [0.05, 0.1) is 12.2 Å². The van der Waals surface area contributed by atoms with Crippen LogP contribution in [0.15, 0.2) is 0 Å². The predicted octanol–water partition coefficient (Wildman–Crippen LogP) is 3.81. The smallest absolute Gasteiger partial charge is 0.254 e. The molecule has 2 rings (SSSR count). The molecule has 0 aromatic heterocycles. The molecule has 1 aliphatic heterocycles. The largest absolute Gasteiger partial charge is 0.485 e. The molecule has 0 spiro atoms. The van der Waals surface area contributed by atoms with Gasteiger partial charge in [-0.05, 0) is 34.6 Å². The average Bonchev–Trinajstić information content (AvgIpc) is 2.87. The lowest BCUT2D eigenvalue weighted by atomic mass is 10.2. The molecule has 2 amide bonds. The lowest BCUT2D eigenvalue weighted by molar-refractivity contribution is -0.198. The van der Waals surface area contributed by atoms with Gasteiger partial charge in [0.1, 0.15) is 0 Å². The van der Waals surface area contributed by atoms with Gasteiger partial charge >= 0.3 is 0 Å². The van der Waals surface area contributed by atoms with Crippen LogP contribution in [0.4, 0.5) is 17.6 Å². The molecular formula is C17H21F4NO4. The van der Waals surface area contributed by atoms with E-state index in [1.807, 2.05) is 0 Å². The molecule has 1 aromatic rings. The van der Waals surface area contributed by atoms with Crippen molar-refractivity contribution in [2.24, 2.45) is 0 Å². The second-order valence-electron chi connectivity index (χ2n) is 6.11. The van der Waals surface area contributed by atoms with Crippen LogP contribution in [0.25, 0.3) is 0 Å². The van der Waals surface area contributed by atoms with E-state index in [0.29, 0.717) is 0 Å². The average molecular weight is 379 g/mol. The number of nitrogens with zero attached hydrogens (tertiary/aromatic N) is 1. The minimum Gasteiger partial charge on any atom is -0.485 e. The zero-order chi connectivity index (χ0) is 20.2. The number of carbonyl (C=O) groups excluding carboxylic acids is 2. The van der Waals surface area contributed by atoms with Crippen molar-refractivity contribution in [3.63, 3.8) is 0 Å². The first kappa shape index (κ1) is 21.9. The second kappa shape index (κ2) is 8.98. The van der Waals surface area contributed by atoms with E-state index in [1.54, 1.807) is 13.8 Å². The summed E-state index contributed by atoms with van der Waals surface area (Å²) in [5, 5.41) is 0.866. The summed E-state index contributed by atoms with van der Waals surface area (Å²) in [6, 6.07) is 0. The third-order valence-electron chi connectivity index (χ3n) is 3.12. The van der Waals surface area contributed by atoms with Gasteiger partial charge in [-0.15, -0.1) is 0 Å². The molecule has 26 heavy (non-hydrogen) atoms. The number of halogens is 4. The maximum Gasteiger partial charge on any atom is 0.254 e. The Balaban J connectivity index is 0.000000273. The first-order chi connectivity index (χ1) is 12.0. The number of amides is 2. The van der Waals surface area contributed by atoms with E-state index in [2.05, 4.69) is 0 Å². The van der Waals surface area contributed by atoms with Crippen LogP contribution in [0, 0.1) is 30.2 Å². The number of imide groups is 1. The summed E-state index contributed by atoms with van der Waals surface area (Å²) < 4.78 is 56.9. The second-order valence-corrected chi connectivity index (χ2v) is 6.11. The first-order valence-electron chi connectivity index (χ1n) is 7.99. The molecule has 1 fully saturated rings. The van der Waals surface area contributed by atoms with Crippen molar-refractivity contribution in [3.8, 4) is 5.75 Å². The summed E-state index contributed by atoms with van der Waals surface area (Å²) in [6.45, 7) is 7.61. The molecule has 0 aliphatic carbocycles. The third kappa shape index (κ3) is 5.17. The number of rotatable bonds is 4. The molecule has 0 N–H and O–H groups in total. The summed E-state index contributed by atoms with van der Waals surface area (Å²) >= 11 is 0. The summed E-state index contributed by atoms with van der Waals surface area (Å²) in [5.74, 6) is -7.43. The molecule has 1 aliphatic rings. The fourth-order valence-corrected chi connectivity index (χ4v) is 1.95. The minimum atomic E-state index is -1.72. The number of carbonyl (C=O) groups is 2. The Labute approximate surface area is 148 Å². The van der Waals surface area contributed by atoms with Crippen molar-refractivity contribution >= 4 is 11.8 Å². The zero-order valence-corrected chi connectivity index (χ0v) is 15.2. The highest BCUT2D eigenvalue weighted by Crippen LogP contribution is 2.30. The molecule has 0 atom stereocenters. The Morgan fingerprint density at radius 1 is 0.808 bits per heavy atom. The van der Waals surface area contributed by atoms with Gasteiger partial charge in [-0.1, -0.05) is 0 Å². The number of ether oxygens (including phenoxy) is 1. The third-order valence-corrected chi connectivity index (χ3v) is 3.12. The van der Waals surface area contributed by atoms with Crippen LogP contribution in [0.5, 0.6) is 5.75 Å². The van der Waals surface area contributed by atoms with Gasteiger partial charge in [-0.3, -0.25) is 14.4 Å². The van der Waals surface area contributed by atoms with Crippen LogP contribution in [-0.2, 0) is 14.4 Å². The Hall–Kier alpha value is -2.16. The molecule has 1 saturated heterocycles. The van der Waals surface area contributed by atoms with E-state index >= 15 is 0 Å². The van der Waals surface area contributed by atoms with E-state index in [9.17, 15) is 27.2 Å². The molecule has 1 heterocycles. The standard InChI is InChI=1S/C10H10F4O.C7H11NO3/c1-4(2)15-10-7(12)5(3)6(11)8(13)9(10)14;1-5(2)11-8-6(9)3-4-7(8)10/h4H,1-3H3;5H,3-4H2,1-2H3. The van der Waals surface area contributed by atoms with Crippen molar-refractivity contribution in [1.29, 1.82) is 0 Å². The molecule has 1 aromatic carbocycles. The number of hydroxylamine groups is 2. The maximum atomic E-state index is 13.3. The predicted molar refractivity (Wildman–Crippen MR) is 84.1 cm³/mol. The van der Waals surface area contributed by atoms with Gasteiger partial charge in [-0.25, -0.2) is 13.2 Å². The van der Waals surface area contributed by atoms with Gasteiger partial charge in [0, 0.05) is 18.4 Å². The van der Waals surface area contributed by atoms with E-state index in [-0.39, 0.29) is 30.8 Å². The van der Waals surface area contributed by atoms with Gasteiger partial charge < -0.3 is 4.74 Å². The quantitative estimate of drug-likeness (QED) is 0.346. The van der Waals surface area contributed by atoms with Crippen LogP contribution in [-0.4, -0.2) is 29.1 Å². The Bertz CT molecular complexity index is 647. The summed E-state index contributed by atoms with van der Waals surface area (Å²) in [7, 11) is 0. The lowest BCUT2D eigenvalue weighted by Crippen LogP contribution is -2.31. The fourth-order valence-electron chi connectivity index (χ4n) is 1.95. The first-order valence-corrected chi connectivity index (χ1v) is 7.99. The molecule has 0 bridgehead atoms. The van der Waals surface area contributed by atoms with E-state index in [4.69, 9.17) is 9.57 Å². The number of hydrogen-bond donors (Lipinski definition) is 0. The highest BCUT2D eigenvalue weighted by atomic mass is 19.2. The minimum absolute atomic E-state index is 0.124. The van der Waals surface area contributed by atoms with Gasteiger partial charge in [0.2, 0.25) is 5.82 Å². The van der Waals surface area contributed by atoms with Crippen LogP contribution in [0.1, 0.15) is 46.1 Å². The van der Waals surface area contributed by atoms with Gasteiger partial charge in [0.25, 0.3) is 11.8 Å². The SMILES string of the molecule is CC(C)ON1C(=O)CCC1=O.Cc1c(F)c(F)c(F)c(OC(C)C)c1F. The molecule has 9 heteroatoms. The van der Waals surface area contributed by atoms with Crippen molar-refractivity contribution in [3.05, 3.63) is 28.8 Å². The van der Waals surface area contributed by atoms with Crippen LogP contribution in [0.2, 0.25) is 0 Å². The van der Waals surface area contributed by atoms with E-state index in [1.165, 1.54) is 13.8 Å². The normalized spacial score (nSPS) is 14.2. The number of hydrogen-bond acceptors (Lipinski definition) is 4. The van der Waals surface area contributed by atoms with Crippen LogP contribution >= 0.6 is 0 Å². The molecule has 146 valence electrons. The van der Waals surface area contributed by atoms with Gasteiger partial charge in [0.15, 0.2) is 23.2 Å². The summed E-state index contributed by atoms with van der Waals surface area (Å²) in [6.07, 6.45) is -0.0869. The van der Waals surface area contributed by atoms with Crippen LogP contribution in [0.3, 0.4) is 0 Å². The van der Waals surface area contributed by atoms with Crippen molar-refractivity contribution in [1.82, 2.24) is 5.06 Å². The summed E-state index contributed by atoms with van der Waals surface area (Å²) in [5.41, 5.74) is -0.593. The van der Waals surface area contributed by atoms with Crippen LogP contribution < -0.4 is 4.74 Å². The van der Waals surface area contributed by atoms with Crippen molar-refractivity contribution < 1.29 is 36.7 Å². The topological polar surface area (TPSA) is 55.8 Å². The molecule has 0 unspecified atom stereocenters.